The summed E-state index contributed by atoms with van der Waals surface area (Å²) in [7, 11) is 0. The molecule has 1 aliphatic rings. The molecule has 1 aromatic carbocycles. The van der Waals surface area contributed by atoms with Crippen molar-refractivity contribution < 1.29 is 4.79 Å². The van der Waals surface area contributed by atoms with E-state index >= 15 is 0 Å². The molecule has 7 heteroatoms. The fraction of sp³-hybridized carbons (Fsp3) is 0.250. The monoisotopic (exact) mass is 308 g/mol. The molecule has 1 saturated heterocycles. The van der Waals surface area contributed by atoms with Crippen LogP contribution in [0.3, 0.4) is 0 Å². The predicted molar refractivity (Wildman–Crippen MR) is 83.0 cm³/mol. The predicted octanol–water partition coefficient (Wildman–Crippen LogP) is 1.97. The summed E-state index contributed by atoms with van der Waals surface area (Å²) in [4.78, 5) is 14.7. The van der Waals surface area contributed by atoms with Crippen LogP contribution in [0.25, 0.3) is 5.69 Å². The van der Waals surface area contributed by atoms with Crippen LogP contribution in [0.1, 0.15) is 35.1 Å². The number of hydrogen-bond acceptors (Lipinski definition) is 4. The second kappa shape index (κ2) is 5.68. The van der Waals surface area contributed by atoms with Crippen molar-refractivity contribution in [1.29, 1.82) is 0 Å². The Kier molecular flexibility index (Phi) is 3.38. The van der Waals surface area contributed by atoms with Crippen LogP contribution in [0.15, 0.2) is 48.8 Å². The van der Waals surface area contributed by atoms with Crippen molar-refractivity contribution in [3.63, 3.8) is 0 Å². The molecule has 0 radical (unpaired) electrons. The van der Waals surface area contributed by atoms with Crippen LogP contribution < -0.4 is 0 Å². The summed E-state index contributed by atoms with van der Waals surface area (Å²) in [6, 6.07) is 11.5. The highest BCUT2D eigenvalue weighted by molar-refractivity contribution is 5.95. The number of aromatic amines is 1. The van der Waals surface area contributed by atoms with E-state index < -0.39 is 0 Å². The number of nitrogens with zero attached hydrogens (tertiary/aromatic N) is 5. The number of H-pyrrole nitrogens is 1. The number of amides is 1. The van der Waals surface area contributed by atoms with Gasteiger partial charge in [0, 0.05) is 30.2 Å². The van der Waals surface area contributed by atoms with Crippen molar-refractivity contribution >= 4 is 5.91 Å². The number of carbonyl (C=O) groups excluding carboxylic acids is 1. The zero-order chi connectivity index (χ0) is 15.6. The Morgan fingerprint density at radius 3 is 2.87 bits per heavy atom. The fourth-order valence-corrected chi connectivity index (χ4v) is 3.06. The van der Waals surface area contributed by atoms with E-state index in [1.165, 1.54) is 0 Å². The molecule has 23 heavy (non-hydrogen) atoms. The molecule has 4 rings (SSSR count). The molecule has 1 amide bonds. The second-order valence-electron chi connectivity index (χ2n) is 5.57. The minimum Gasteiger partial charge on any atom is -0.328 e. The van der Waals surface area contributed by atoms with Gasteiger partial charge in [-0.15, -0.1) is 10.2 Å². The third-order valence-corrected chi connectivity index (χ3v) is 4.17. The van der Waals surface area contributed by atoms with E-state index in [2.05, 4.69) is 20.6 Å². The summed E-state index contributed by atoms with van der Waals surface area (Å²) in [5.74, 6) is 0.587. The largest absolute Gasteiger partial charge is 0.328 e. The zero-order valence-corrected chi connectivity index (χ0v) is 12.5. The quantitative estimate of drug-likeness (QED) is 0.802. The van der Waals surface area contributed by atoms with Gasteiger partial charge >= 0.3 is 0 Å². The number of hydrogen-bond donors (Lipinski definition) is 1. The van der Waals surface area contributed by atoms with Gasteiger partial charge in [0.15, 0.2) is 5.82 Å². The van der Waals surface area contributed by atoms with Crippen molar-refractivity contribution in [3.05, 3.63) is 60.2 Å². The van der Waals surface area contributed by atoms with Crippen LogP contribution >= 0.6 is 0 Å². The van der Waals surface area contributed by atoms with Gasteiger partial charge in [-0.1, -0.05) is 11.3 Å². The smallest absolute Gasteiger partial charge is 0.254 e. The summed E-state index contributed by atoms with van der Waals surface area (Å²) in [5.41, 5.74) is 1.64. The first-order valence-corrected chi connectivity index (χ1v) is 7.60. The van der Waals surface area contributed by atoms with Gasteiger partial charge in [-0.3, -0.25) is 4.79 Å². The van der Waals surface area contributed by atoms with E-state index in [9.17, 15) is 4.79 Å². The highest BCUT2D eigenvalue weighted by Gasteiger charge is 2.33. The van der Waals surface area contributed by atoms with E-state index in [-0.39, 0.29) is 11.9 Å². The number of carbonyl (C=O) groups is 1. The van der Waals surface area contributed by atoms with Crippen LogP contribution in [0.5, 0.6) is 0 Å². The van der Waals surface area contributed by atoms with Crippen LogP contribution in [-0.4, -0.2) is 42.5 Å². The first kappa shape index (κ1) is 13.7. The van der Waals surface area contributed by atoms with Crippen molar-refractivity contribution in [2.24, 2.45) is 0 Å². The molecule has 1 aliphatic heterocycles. The van der Waals surface area contributed by atoms with Gasteiger partial charge in [-0.05, 0) is 43.2 Å². The van der Waals surface area contributed by atoms with E-state index in [1.807, 2.05) is 58.3 Å². The molecule has 0 saturated carbocycles. The molecule has 0 bridgehead atoms. The van der Waals surface area contributed by atoms with Crippen LogP contribution in [0, 0.1) is 0 Å². The minimum atomic E-state index is -0.100. The number of benzene rings is 1. The maximum atomic E-state index is 12.9. The third-order valence-electron chi connectivity index (χ3n) is 4.17. The highest BCUT2D eigenvalue weighted by Crippen LogP contribution is 2.30. The Labute approximate surface area is 132 Å². The maximum Gasteiger partial charge on any atom is 0.254 e. The van der Waals surface area contributed by atoms with Crippen LogP contribution in [0.2, 0.25) is 0 Å². The normalized spacial score (nSPS) is 17.6. The van der Waals surface area contributed by atoms with Crippen molar-refractivity contribution in [2.75, 3.05) is 6.54 Å². The summed E-state index contributed by atoms with van der Waals surface area (Å²) in [6.45, 7) is 0.714. The summed E-state index contributed by atoms with van der Waals surface area (Å²) < 4.78 is 1.98. The molecule has 1 atom stereocenters. The average Bonchev–Trinajstić information content (AvgIpc) is 3.35. The number of nitrogens with one attached hydrogen (secondary N) is 1. The van der Waals surface area contributed by atoms with E-state index in [1.54, 1.807) is 0 Å². The maximum absolute atomic E-state index is 12.9. The number of likely N-dealkylation sites (tertiary alicyclic amines) is 1. The Morgan fingerprint density at radius 2 is 2.09 bits per heavy atom. The Bertz CT molecular complexity index is 796. The molecule has 3 aromatic rings. The third kappa shape index (κ3) is 2.50. The van der Waals surface area contributed by atoms with E-state index in [0.717, 1.165) is 18.5 Å². The van der Waals surface area contributed by atoms with E-state index in [4.69, 9.17) is 0 Å². The minimum absolute atomic E-state index is 0.00584. The summed E-state index contributed by atoms with van der Waals surface area (Å²) in [5, 5.41) is 14.1. The number of tetrazole rings is 1. The van der Waals surface area contributed by atoms with Crippen molar-refractivity contribution in [1.82, 2.24) is 30.1 Å². The summed E-state index contributed by atoms with van der Waals surface area (Å²) >= 11 is 0. The molecule has 116 valence electrons. The summed E-state index contributed by atoms with van der Waals surface area (Å²) in [6.07, 6.45) is 5.73. The molecule has 1 fully saturated rings. The highest BCUT2D eigenvalue weighted by atomic mass is 16.2. The molecule has 0 spiro atoms. The van der Waals surface area contributed by atoms with Gasteiger partial charge in [-0.2, -0.15) is 5.21 Å². The van der Waals surface area contributed by atoms with Gasteiger partial charge in [0.1, 0.15) is 0 Å². The van der Waals surface area contributed by atoms with Crippen LogP contribution in [0.4, 0.5) is 0 Å². The van der Waals surface area contributed by atoms with Gasteiger partial charge in [0.25, 0.3) is 5.91 Å². The lowest BCUT2D eigenvalue weighted by Crippen LogP contribution is -2.31. The van der Waals surface area contributed by atoms with Gasteiger partial charge < -0.3 is 9.47 Å². The van der Waals surface area contributed by atoms with Gasteiger partial charge in [0.2, 0.25) is 0 Å². The SMILES string of the molecule is O=C(c1cccc(-n2cccc2)c1)N1CCCC1c1nn[nH]n1. The molecule has 7 nitrogen and oxygen atoms in total. The topological polar surface area (TPSA) is 79.7 Å². The molecule has 2 aromatic heterocycles. The van der Waals surface area contributed by atoms with Gasteiger partial charge in [0.05, 0.1) is 6.04 Å². The van der Waals surface area contributed by atoms with Crippen molar-refractivity contribution in [2.45, 2.75) is 18.9 Å². The Hall–Kier alpha value is -2.96. The van der Waals surface area contributed by atoms with E-state index in [0.29, 0.717) is 17.9 Å². The van der Waals surface area contributed by atoms with Crippen molar-refractivity contribution in [3.8, 4) is 5.69 Å². The Morgan fingerprint density at radius 1 is 1.22 bits per heavy atom. The average molecular weight is 308 g/mol. The molecule has 1 unspecified atom stereocenters. The lowest BCUT2D eigenvalue weighted by molar-refractivity contribution is 0.0730. The number of rotatable bonds is 3. The lowest BCUT2D eigenvalue weighted by Gasteiger charge is -2.22. The molecular weight excluding hydrogens is 292 g/mol. The molecule has 3 heterocycles. The molecule has 0 aliphatic carbocycles. The van der Waals surface area contributed by atoms with Gasteiger partial charge in [-0.25, -0.2) is 0 Å². The zero-order valence-electron chi connectivity index (χ0n) is 12.5. The fourth-order valence-electron chi connectivity index (χ4n) is 3.06. The second-order valence-corrected chi connectivity index (χ2v) is 5.57. The standard InChI is InChI=1S/C16H16N6O/c23-16(22-10-4-7-14(22)15-17-19-20-18-15)12-5-3-6-13(11-12)21-8-1-2-9-21/h1-3,5-6,8-9,11,14H,4,7,10H2,(H,17,18,19,20). The first-order chi connectivity index (χ1) is 11.3. The molecular formula is C16H16N6O. The number of aromatic nitrogens is 5. The molecule has 1 N–H and O–H groups in total. The first-order valence-electron chi connectivity index (χ1n) is 7.60. The lowest BCUT2D eigenvalue weighted by atomic mass is 10.1. The van der Waals surface area contributed by atoms with Crippen LogP contribution in [-0.2, 0) is 0 Å². The Balaban J connectivity index is 1.63.